The molecule has 0 saturated carbocycles. The summed E-state index contributed by atoms with van der Waals surface area (Å²) in [6.45, 7) is 7.47. The summed E-state index contributed by atoms with van der Waals surface area (Å²) >= 11 is 3.43. The number of carbonyl (C=O) groups is 1. The number of nitrogens with zero attached hydrogens (tertiary/aromatic N) is 1. The van der Waals surface area contributed by atoms with E-state index in [4.69, 9.17) is 4.74 Å². The van der Waals surface area contributed by atoms with Gasteiger partial charge in [0.15, 0.2) is 0 Å². The standard InChI is InChI=1S/C17H25BrN2O2/c1-12(2)20-8-6-13(7-9-20)11-19-17(21)15-10-14(22-3)4-5-16(15)18/h4-5,10,12-13H,6-9,11H2,1-3H3,(H,19,21). The molecular weight excluding hydrogens is 344 g/mol. The fraction of sp³-hybridized carbons (Fsp3) is 0.588. The lowest BCUT2D eigenvalue weighted by Crippen LogP contribution is -2.41. The maximum atomic E-state index is 12.3. The van der Waals surface area contributed by atoms with Crippen molar-refractivity contribution in [1.82, 2.24) is 10.2 Å². The minimum absolute atomic E-state index is 0.0444. The molecule has 0 radical (unpaired) electrons. The summed E-state index contributed by atoms with van der Waals surface area (Å²) in [7, 11) is 1.60. The van der Waals surface area contributed by atoms with E-state index in [1.54, 1.807) is 13.2 Å². The molecule has 1 saturated heterocycles. The van der Waals surface area contributed by atoms with E-state index in [0.717, 1.165) is 36.9 Å². The van der Waals surface area contributed by atoms with E-state index in [0.29, 0.717) is 23.3 Å². The molecule has 5 heteroatoms. The normalized spacial score (nSPS) is 16.8. The molecule has 0 aliphatic carbocycles. The van der Waals surface area contributed by atoms with Gasteiger partial charge in [-0.15, -0.1) is 0 Å². The lowest BCUT2D eigenvalue weighted by atomic mass is 9.96. The topological polar surface area (TPSA) is 41.6 Å². The number of benzene rings is 1. The highest BCUT2D eigenvalue weighted by atomic mass is 79.9. The van der Waals surface area contributed by atoms with Crippen molar-refractivity contribution in [2.45, 2.75) is 32.7 Å². The van der Waals surface area contributed by atoms with E-state index in [2.05, 4.69) is 40.0 Å². The molecule has 122 valence electrons. The molecule has 1 aliphatic rings. The molecule has 2 rings (SSSR count). The predicted octanol–water partition coefficient (Wildman–Crippen LogP) is 3.31. The zero-order valence-electron chi connectivity index (χ0n) is 13.6. The van der Waals surface area contributed by atoms with Crippen molar-refractivity contribution in [3.8, 4) is 5.75 Å². The van der Waals surface area contributed by atoms with Crippen LogP contribution in [0.4, 0.5) is 0 Å². The molecule has 1 fully saturated rings. The number of likely N-dealkylation sites (tertiary alicyclic amines) is 1. The average molecular weight is 369 g/mol. The molecule has 0 atom stereocenters. The third kappa shape index (κ3) is 4.46. The third-order valence-electron chi connectivity index (χ3n) is 4.35. The number of ether oxygens (including phenoxy) is 1. The number of rotatable bonds is 5. The minimum Gasteiger partial charge on any atom is -0.497 e. The van der Waals surface area contributed by atoms with E-state index >= 15 is 0 Å². The van der Waals surface area contributed by atoms with Crippen LogP contribution < -0.4 is 10.1 Å². The highest BCUT2D eigenvalue weighted by molar-refractivity contribution is 9.10. The van der Waals surface area contributed by atoms with Crippen LogP contribution in [0.25, 0.3) is 0 Å². The summed E-state index contributed by atoms with van der Waals surface area (Å²) in [5.74, 6) is 1.22. The van der Waals surface area contributed by atoms with Gasteiger partial charge in [0.1, 0.15) is 5.75 Å². The molecule has 1 aromatic carbocycles. The molecule has 4 nitrogen and oxygen atoms in total. The smallest absolute Gasteiger partial charge is 0.252 e. The third-order valence-corrected chi connectivity index (χ3v) is 5.04. The second-order valence-corrected chi connectivity index (χ2v) is 6.98. The Labute approximate surface area is 141 Å². The summed E-state index contributed by atoms with van der Waals surface area (Å²) in [4.78, 5) is 14.8. The van der Waals surface area contributed by atoms with Crippen LogP contribution in [0, 0.1) is 5.92 Å². The highest BCUT2D eigenvalue weighted by Gasteiger charge is 2.21. The number of piperidine rings is 1. The zero-order chi connectivity index (χ0) is 16.1. The summed E-state index contributed by atoms with van der Waals surface area (Å²) in [5.41, 5.74) is 0.624. The van der Waals surface area contributed by atoms with Crippen molar-refractivity contribution < 1.29 is 9.53 Å². The second-order valence-electron chi connectivity index (χ2n) is 6.13. The SMILES string of the molecule is COc1ccc(Br)c(C(=O)NCC2CCN(C(C)C)CC2)c1. The van der Waals surface area contributed by atoms with Crippen molar-refractivity contribution in [3.05, 3.63) is 28.2 Å². The monoisotopic (exact) mass is 368 g/mol. The van der Waals surface area contributed by atoms with Gasteiger partial charge < -0.3 is 15.0 Å². The first-order valence-electron chi connectivity index (χ1n) is 7.87. The van der Waals surface area contributed by atoms with E-state index in [9.17, 15) is 4.79 Å². The van der Waals surface area contributed by atoms with Crippen LogP contribution in [0.1, 0.15) is 37.0 Å². The first-order chi connectivity index (χ1) is 10.5. The van der Waals surface area contributed by atoms with Crippen LogP contribution in [-0.4, -0.2) is 43.6 Å². The first-order valence-corrected chi connectivity index (χ1v) is 8.66. The van der Waals surface area contributed by atoms with Crippen molar-refractivity contribution in [2.24, 2.45) is 5.92 Å². The Hall–Kier alpha value is -1.07. The molecule has 1 aromatic rings. The number of carbonyl (C=O) groups excluding carboxylic acids is 1. The maximum absolute atomic E-state index is 12.3. The number of hydrogen-bond acceptors (Lipinski definition) is 3. The van der Waals surface area contributed by atoms with Crippen molar-refractivity contribution >= 4 is 21.8 Å². The summed E-state index contributed by atoms with van der Waals surface area (Å²) in [6, 6.07) is 6.06. The molecule has 1 aliphatic heterocycles. The number of hydrogen-bond donors (Lipinski definition) is 1. The zero-order valence-corrected chi connectivity index (χ0v) is 15.1. The van der Waals surface area contributed by atoms with Gasteiger partial charge in [0.25, 0.3) is 5.91 Å². The molecule has 0 unspecified atom stereocenters. The molecule has 1 heterocycles. The molecule has 0 bridgehead atoms. The molecule has 0 aromatic heterocycles. The summed E-state index contributed by atoms with van der Waals surface area (Å²) in [6.07, 6.45) is 2.30. The number of methoxy groups -OCH3 is 1. The molecule has 0 spiro atoms. The lowest BCUT2D eigenvalue weighted by molar-refractivity contribution is 0.0928. The van der Waals surface area contributed by atoms with Crippen molar-refractivity contribution in [1.29, 1.82) is 0 Å². The van der Waals surface area contributed by atoms with E-state index < -0.39 is 0 Å². The van der Waals surface area contributed by atoms with Gasteiger partial charge in [-0.1, -0.05) is 0 Å². The number of nitrogens with one attached hydrogen (secondary N) is 1. The van der Waals surface area contributed by atoms with Crippen LogP contribution in [-0.2, 0) is 0 Å². The fourth-order valence-electron chi connectivity index (χ4n) is 2.81. The Kier molecular flexibility index (Phi) is 6.26. The van der Waals surface area contributed by atoms with Gasteiger partial charge in [0, 0.05) is 17.1 Å². The van der Waals surface area contributed by atoms with Crippen LogP contribution in [0.15, 0.2) is 22.7 Å². The van der Waals surface area contributed by atoms with Crippen molar-refractivity contribution in [2.75, 3.05) is 26.7 Å². The highest BCUT2D eigenvalue weighted by Crippen LogP contribution is 2.23. The van der Waals surface area contributed by atoms with Crippen LogP contribution in [0.5, 0.6) is 5.75 Å². The lowest BCUT2D eigenvalue weighted by Gasteiger charge is -2.34. The van der Waals surface area contributed by atoms with Gasteiger partial charge >= 0.3 is 0 Å². The van der Waals surface area contributed by atoms with Gasteiger partial charge in [0.05, 0.1) is 12.7 Å². The fourth-order valence-corrected chi connectivity index (χ4v) is 3.24. The molecule has 22 heavy (non-hydrogen) atoms. The quantitative estimate of drug-likeness (QED) is 0.866. The van der Waals surface area contributed by atoms with Gasteiger partial charge in [0.2, 0.25) is 0 Å². The first kappa shape index (κ1) is 17.3. The van der Waals surface area contributed by atoms with E-state index in [1.165, 1.54) is 0 Å². The molecular formula is C17H25BrN2O2. The number of halogens is 1. The Morgan fingerprint density at radius 2 is 2.09 bits per heavy atom. The minimum atomic E-state index is -0.0444. The summed E-state index contributed by atoms with van der Waals surface area (Å²) in [5, 5.41) is 3.06. The van der Waals surface area contributed by atoms with Crippen LogP contribution >= 0.6 is 15.9 Å². The maximum Gasteiger partial charge on any atom is 0.252 e. The van der Waals surface area contributed by atoms with E-state index in [-0.39, 0.29) is 5.91 Å². The van der Waals surface area contributed by atoms with Gasteiger partial charge in [-0.3, -0.25) is 4.79 Å². The Bertz CT molecular complexity index is 511. The Morgan fingerprint density at radius 3 is 2.68 bits per heavy atom. The predicted molar refractivity (Wildman–Crippen MR) is 92.5 cm³/mol. The van der Waals surface area contributed by atoms with E-state index in [1.807, 2.05) is 12.1 Å². The Balaban J connectivity index is 1.86. The summed E-state index contributed by atoms with van der Waals surface area (Å²) < 4.78 is 5.97. The van der Waals surface area contributed by atoms with Crippen molar-refractivity contribution in [3.63, 3.8) is 0 Å². The van der Waals surface area contributed by atoms with Gasteiger partial charge in [-0.05, 0) is 79.8 Å². The molecule has 1 amide bonds. The second kappa shape index (κ2) is 7.97. The Morgan fingerprint density at radius 1 is 1.41 bits per heavy atom. The van der Waals surface area contributed by atoms with Gasteiger partial charge in [-0.2, -0.15) is 0 Å². The van der Waals surface area contributed by atoms with Gasteiger partial charge in [-0.25, -0.2) is 0 Å². The molecule has 1 N–H and O–H groups in total. The average Bonchev–Trinajstić information content (AvgIpc) is 2.53. The largest absolute Gasteiger partial charge is 0.497 e. The number of amides is 1. The van der Waals surface area contributed by atoms with Crippen LogP contribution in [0.2, 0.25) is 0 Å². The van der Waals surface area contributed by atoms with Crippen LogP contribution in [0.3, 0.4) is 0 Å².